The van der Waals surface area contributed by atoms with Gasteiger partial charge in [0, 0.05) is 36.6 Å². The highest BCUT2D eigenvalue weighted by molar-refractivity contribution is 7.99. The lowest BCUT2D eigenvalue weighted by atomic mass is 10.1. The number of aromatic nitrogens is 4. The SMILES string of the molecule is Nc1nccc(Sc2ncc(N3CCCCC3)n3ccnc23)c1Cl. The number of halogens is 1. The van der Waals surface area contributed by atoms with Crippen LogP contribution in [0.3, 0.4) is 0 Å². The van der Waals surface area contributed by atoms with Crippen molar-refractivity contribution in [3.8, 4) is 0 Å². The molecule has 0 spiro atoms. The van der Waals surface area contributed by atoms with Crippen LogP contribution < -0.4 is 10.6 Å². The molecule has 0 aromatic carbocycles. The van der Waals surface area contributed by atoms with Gasteiger partial charge < -0.3 is 10.6 Å². The predicted molar refractivity (Wildman–Crippen MR) is 96.8 cm³/mol. The number of fused-ring (bicyclic) bond motifs is 1. The van der Waals surface area contributed by atoms with Crippen LogP contribution in [0.4, 0.5) is 11.6 Å². The van der Waals surface area contributed by atoms with Crippen LogP contribution in [0.2, 0.25) is 5.02 Å². The minimum Gasteiger partial charge on any atom is -0.382 e. The van der Waals surface area contributed by atoms with Crippen molar-refractivity contribution in [3.63, 3.8) is 0 Å². The fourth-order valence-electron chi connectivity index (χ4n) is 2.94. The average Bonchev–Trinajstić information content (AvgIpc) is 3.10. The Kier molecular flexibility index (Phi) is 4.20. The maximum absolute atomic E-state index is 6.25. The summed E-state index contributed by atoms with van der Waals surface area (Å²) in [5.74, 6) is 1.41. The molecule has 24 heavy (non-hydrogen) atoms. The molecule has 0 amide bonds. The van der Waals surface area contributed by atoms with E-state index in [4.69, 9.17) is 17.3 Å². The maximum atomic E-state index is 6.25. The Morgan fingerprint density at radius 3 is 2.75 bits per heavy atom. The van der Waals surface area contributed by atoms with Crippen molar-refractivity contribution in [2.75, 3.05) is 23.7 Å². The Bertz CT molecular complexity index is 874. The molecule has 0 saturated carbocycles. The topological polar surface area (TPSA) is 72.3 Å². The monoisotopic (exact) mass is 360 g/mol. The average molecular weight is 361 g/mol. The Morgan fingerprint density at radius 1 is 1.08 bits per heavy atom. The third-order valence-electron chi connectivity index (χ3n) is 4.14. The third kappa shape index (κ3) is 2.78. The number of nitrogen functional groups attached to an aromatic ring is 1. The standard InChI is InChI=1S/C16H17ClN6S/c17-13-11(4-5-19-14(13)18)24-16-15-20-6-9-23(15)12(10-21-16)22-7-2-1-3-8-22/h4-6,9-10H,1-3,7-8H2,(H2,18,19). The van der Waals surface area contributed by atoms with E-state index in [0.29, 0.717) is 10.8 Å². The van der Waals surface area contributed by atoms with Gasteiger partial charge in [-0.05, 0) is 25.3 Å². The van der Waals surface area contributed by atoms with Crippen LogP contribution >= 0.6 is 23.4 Å². The molecule has 0 unspecified atom stereocenters. The molecular formula is C16H17ClN6S. The Balaban J connectivity index is 1.72. The van der Waals surface area contributed by atoms with Crippen molar-refractivity contribution in [1.82, 2.24) is 19.4 Å². The molecule has 0 radical (unpaired) electrons. The molecule has 8 heteroatoms. The first-order valence-corrected chi connectivity index (χ1v) is 9.08. The van der Waals surface area contributed by atoms with Crippen LogP contribution in [0.5, 0.6) is 0 Å². The fourth-order valence-corrected chi connectivity index (χ4v) is 4.04. The lowest BCUT2D eigenvalue weighted by Gasteiger charge is -2.29. The van der Waals surface area contributed by atoms with Gasteiger partial charge in [0.2, 0.25) is 0 Å². The van der Waals surface area contributed by atoms with Crippen molar-refractivity contribution < 1.29 is 0 Å². The van der Waals surface area contributed by atoms with Crippen molar-refractivity contribution in [3.05, 3.63) is 35.9 Å². The van der Waals surface area contributed by atoms with Gasteiger partial charge in [0.05, 0.1) is 11.2 Å². The number of anilines is 2. The Hall–Kier alpha value is -1.99. The maximum Gasteiger partial charge on any atom is 0.171 e. The van der Waals surface area contributed by atoms with Crippen molar-refractivity contribution in [1.29, 1.82) is 0 Å². The van der Waals surface area contributed by atoms with Crippen LogP contribution in [0.1, 0.15) is 19.3 Å². The molecule has 3 aromatic rings. The molecule has 3 aromatic heterocycles. The number of hydrogen-bond donors (Lipinski definition) is 1. The number of rotatable bonds is 3. The van der Waals surface area contributed by atoms with Gasteiger partial charge in [0.1, 0.15) is 16.7 Å². The first-order chi connectivity index (χ1) is 11.7. The molecule has 4 heterocycles. The summed E-state index contributed by atoms with van der Waals surface area (Å²) in [4.78, 5) is 16.3. The van der Waals surface area contributed by atoms with Crippen LogP contribution in [0.25, 0.3) is 5.65 Å². The van der Waals surface area contributed by atoms with E-state index < -0.39 is 0 Å². The second-order valence-corrected chi connectivity index (χ2v) is 7.11. The molecule has 4 rings (SSSR count). The summed E-state index contributed by atoms with van der Waals surface area (Å²) in [7, 11) is 0. The van der Waals surface area contributed by atoms with Gasteiger partial charge in [-0.2, -0.15) is 0 Å². The molecule has 2 N–H and O–H groups in total. The highest BCUT2D eigenvalue weighted by atomic mass is 35.5. The largest absolute Gasteiger partial charge is 0.382 e. The summed E-state index contributed by atoms with van der Waals surface area (Å²) in [6, 6.07) is 1.84. The van der Waals surface area contributed by atoms with E-state index in [1.165, 1.54) is 31.0 Å². The molecule has 124 valence electrons. The molecule has 1 aliphatic heterocycles. The van der Waals surface area contributed by atoms with Gasteiger partial charge in [0.25, 0.3) is 0 Å². The van der Waals surface area contributed by atoms with Crippen LogP contribution in [-0.4, -0.2) is 32.4 Å². The number of imidazole rings is 1. The number of piperidine rings is 1. The smallest absolute Gasteiger partial charge is 0.171 e. The highest BCUT2D eigenvalue weighted by Gasteiger charge is 2.17. The zero-order valence-corrected chi connectivity index (χ0v) is 14.6. The van der Waals surface area contributed by atoms with Gasteiger partial charge >= 0.3 is 0 Å². The predicted octanol–water partition coefficient (Wildman–Crippen LogP) is 3.50. The Labute approximate surface area is 149 Å². The van der Waals surface area contributed by atoms with E-state index in [1.807, 2.05) is 18.5 Å². The number of nitrogens with zero attached hydrogens (tertiary/aromatic N) is 5. The first kappa shape index (κ1) is 15.5. The van der Waals surface area contributed by atoms with E-state index in [9.17, 15) is 0 Å². The number of nitrogens with two attached hydrogens (primary N) is 1. The summed E-state index contributed by atoms with van der Waals surface area (Å²) in [5.41, 5.74) is 6.61. The zero-order chi connectivity index (χ0) is 16.5. The normalized spacial score (nSPS) is 15.1. The van der Waals surface area contributed by atoms with Crippen LogP contribution in [0, 0.1) is 0 Å². The Morgan fingerprint density at radius 2 is 1.92 bits per heavy atom. The molecule has 0 atom stereocenters. The molecule has 6 nitrogen and oxygen atoms in total. The van der Waals surface area contributed by atoms with E-state index in [-0.39, 0.29) is 0 Å². The molecule has 1 saturated heterocycles. The molecule has 0 aliphatic carbocycles. The van der Waals surface area contributed by atoms with Gasteiger partial charge in [-0.3, -0.25) is 4.40 Å². The molecule has 1 fully saturated rings. The van der Waals surface area contributed by atoms with E-state index in [2.05, 4.69) is 24.3 Å². The molecular weight excluding hydrogens is 344 g/mol. The third-order valence-corrected chi connectivity index (χ3v) is 5.69. The summed E-state index contributed by atoms with van der Waals surface area (Å²) < 4.78 is 2.10. The fraction of sp³-hybridized carbons (Fsp3) is 0.312. The first-order valence-electron chi connectivity index (χ1n) is 7.89. The van der Waals surface area contributed by atoms with Crippen molar-refractivity contribution in [2.45, 2.75) is 29.2 Å². The lowest BCUT2D eigenvalue weighted by molar-refractivity contribution is 0.570. The van der Waals surface area contributed by atoms with E-state index >= 15 is 0 Å². The molecule has 1 aliphatic rings. The quantitative estimate of drug-likeness (QED) is 0.770. The van der Waals surface area contributed by atoms with Crippen LogP contribution in [-0.2, 0) is 0 Å². The van der Waals surface area contributed by atoms with E-state index in [1.54, 1.807) is 12.4 Å². The minimum atomic E-state index is 0.325. The summed E-state index contributed by atoms with van der Waals surface area (Å²) in [6.07, 6.45) is 11.1. The summed E-state index contributed by atoms with van der Waals surface area (Å²) in [6.45, 7) is 2.13. The summed E-state index contributed by atoms with van der Waals surface area (Å²) >= 11 is 7.70. The number of pyridine rings is 1. The second kappa shape index (κ2) is 6.49. The van der Waals surface area contributed by atoms with Gasteiger partial charge in [-0.1, -0.05) is 23.4 Å². The highest BCUT2D eigenvalue weighted by Crippen LogP contribution is 2.36. The zero-order valence-electron chi connectivity index (χ0n) is 13.0. The van der Waals surface area contributed by atoms with Gasteiger partial charge in [-0.25, -0.2) is 15.0 Å². The number of hydrogen-bond acceptors (Lipinski definition) is 6. The van der Waals surface area contributed by atoms with Gasteiger partial charge in [-0.15, -0.1) is 0 Å². The lowest BCUT2D eigenvalue weighted by Crippen LogP contribution is -2.31. The van der Waals surface area contributed by atoms with Crippen LogP contribution in [0.15, 0.2) is 40.8 Å². The summed E-state index contributed by atoms with van der Waals surface area (Å²) in [5, 5.41) is 1.25. The second-order valence-electron chi connectivity index (χ2n) is 5.70. The van der Waals surface area contributed by atoms with Gasteiger partial charge in [0.15, 0.2) is 5.65 Å². The minimum absolute atomic E-state index is 0.325. The van der Waals surface area contributed by atoms with E-state index in [0.717, 1.165) is 34.5 Å². The molecule has 0 bridgehead atoms. The van der Waals surface area contributed by atoms with Crippen molar-refractivity contribution in [2.24, 2.45) is 0 Å². The van der Waals surface area contributed by atoms with Crippen molar-refractivity contribution >= 4 is 40.6 Å².